The fourth-order valence-corrected chi connectivity index (χ4v) is 2.74. The molecule has 0 saturated carbocycles. The zero-order chi connectivity index (χ0) is 17.3. The summed E-state index contributed by atoms with van der Waals surface area (Å²) in [5, 5.41) is 5.19. The summed E-state index contributed by atoms with van der Waals surface area (Å²) < 4.78 is 0. The molecule has 2 aromatic carbocycles. The molecule has 5 nitrogen and oxygen atoms in total. The Morgan fingerprint density at radius 1 is 1.04 bits per heavy atom. The highest BCUT2D eigenvalue weighted by Crippen LogP contribution is 2.32. The number of fused-ring (bicyclic) bond motifs is 1. The average molecular weight is 322 g/mol. The molecule has 5 heteroatoms. The lowest BCUT2D eigenvalue weighted by atomic mass is 9.95. The predicted molar refractivity (Wildman–Crippen MR) is 92.0 cm³/mol. The number of nitrogens with one attached hydrogen (secondary N) is 2. The van der Waals surface area contributed by atoms with Crippen LogP contribution in [0, 0.1) is 0 Å². The lowest BCUT2D eigenvalue weighted by Gasteiger charge is -2.10. The molecular formula is C19H18N2O3. The molecule has 1 heterocycles. The third kappa shape index (κ3) is 2.93. The molecule has 3 rings (SSSR count). The number of benzene rings is 2. The van der Waals surface area contributed by atoms with Gasteiger partial charge in [0.15, 0.2) is 0 Å². The summed E-state index contributed by atoms with van der Waals surface area (Å²) in [4.78, 5) is 36.7. The number of rotatable bonds is 4. The van der Waals surface area contributed by atoms with E-state index in [1.807, 2.05) is 12.1 Å². The highest BCUT2D eigenvalue weighted by atomic mass is 16.2. The van der Waals surface area contributed by atoms with E-state index in [0.717, 1.165) is 5.56 Å². The first kappa shape index (κ1) is 15.9. The Labute approximate surface area is 140 Å². The molecule has 0 fully saturated rings. The second-order valence-electron chi connectivity index (χ2n) is 6.10. The summed E-state index contributed by atoms with van der Waals surface area (Å²) in [6, 6.07) is 14.2. The first-order valence-corrected chi connectivity index (χ1v) is 7.82. The molecule has 0 aromatic heterocycles. The van der Waals surface area contributed by atoms with Crippen LogP contribution in [0.5, 0.6) is 0 Å². The van der Waals surface area contributed by atoms with Gasteiger partial charge in [0.25, 0.3) is 5.91 Å². The van der Waals surface area contributed by atoms with Crippen molar-refractivity contribution < 1.29 is 14.4 Å². The quantitative estimate of drug-likeness (QED) is 0.671. The number of para-hydroxylation sites is 1. The van der Waals surface area contributed by atoms with Crippen LogP contribution in [0.25, 0.3) is 0 Å². The summed E-state index contributed by atoms with van der Waals surface area (Å²) in [5.41, 5.74) is 2.79. The van der Waals surface area contributed by atoms with E-state index in [0.29, 0.717) is 22.9 Å². The summed E-state index contributed by atoms with van der Waals surface area (Å²) in [6.45, 7) is 4.15. The number of hydrogen-bond donors (Lipinski definition) is 2. The van der Waals surface area contributed by atoms with Gasteiger partial charge in [-0.05, 0) is 35.2 Å². The third-order valence-electron chi connectivity index (χ3n) is 4.11. The Balaban J connectivity index is 1.76. The van der Waals surface area contributed by atoms with E-state index in [2.05, 4.69) is 24.5 Å². The van der Waals surface area contributed by atoms with Gasteiger partial charge in [0.1, 0.15) is 5.92 Å². The van der Waals surface area contributed by atoms with Crippen molar-refractivity contribution in [2.45, 2.75) is 25.7 Å². The molecular weight excluding hydrogens is 304 g/mol. The van der Waals surface area contributed by atoms with Crippen molar-refractivity contribution in [2.75, 3.05) is 10.6 Å². The van der Waals surface area contributed by atoms with E-state index in [1.54, 1.807) is 36.4 Å². The fourth-order valence-electron chi connectivity index (χ4n) is 2.74. The summed E-state index contributed by atoms with van der Waals surface area (Å²) in [5.74, 6) is -2.72. The number of anilines is 2. The van der Waals surface area contributed by atoms with Gasteiger partial charge in [0.2, 0.25) is 11.7 Å². The normalized spacial score (nSPS) is 15.8. The van der Waals surface area contributed by atoms with E-state index in [4.69, 9.17) is 0 Å². The van der Waals surface area contributed by atoms with Crippen LogP contribution in [0.3, 0.4) is 0 Å². The van der Waals surface area contributed by atoms with E-state index < -0.39 is 23.5 Å². The van der Waals surface area contributed by atoms with Crippen molar-refractivity contribution in [3.63, 3.8) is 0 Å². The number of Topliss-reactive ketones (excluding diaryl/α,β-unsaturated/α-hetero) is 1. The molecule has 0 saturated heterocycles. The lowest BCUT2D eigenvalue weighted by Crippen LogP contribution is -2.31. The summed E-state index contributed by atoms with van der Waals surface area (Å²) in [6.07, 6.45) is 0. The number of carbonyl (C=O) groups is 3. The fraction of sp³-hybridized carbons (Fsp3) is 0.211. The smallest absolute Gasteiger partial charge is 0.292 e. The number of amides is 2. The van der Waals surface area contributed by atoms with Gasteiger partial charge in [0, 0.05) is 11.4 Å². The lowest BCUT2D eigenvalue weighted by molar-refractivity contribution is -0.138. The maximum Gasteiger partial charge on any atom is 0.292 e. The summed E-state index contributed by atoms with van der Waals surface area (Å²) in [7, 11) is 0. The van der Waals surface area contributed by atoms with Crippen molar-refractivity contribution in [1.82, 2.24) is 0 Å². The van der Waals surface area contributed by atoms with Crippen LogP contribution in [0.15, 0.2) is 48.5 Å². The van der Waals surface area contributed by atoms with Crippen molar-refractivity contribution in [3.8, 4) is 0 Å². The van der Waals surface area contributed by atoms with E-state index >= 15 is 0 Å². The van der Waals surface area contributed by atoms with Crippen LogP contribution in [0.1, 0.15) is 36.8 Å². The molecule has 2 aromatic rings. The summed E-state index contributed by atoms with van der Waals surface area (Å²) >= 11 is 0. The Morgan fingerprint density at radius 3 is 2.38 bits per heavy atom. The third-order valence-corrected chi connectivity index (χ3v) is 4.11. The van der Waals surface area contributed by atoms with Crippen molar-refractivity contribution in [2.24, 2.45) is 0 Å². The standard InChI is InChI=1S/C19H18N2O3/c1-11(2)12-7-9-13(10-8-12)20-19(24)17(22)16-14-5-3-4-6-15(14)21-18(16)23/h3-11,16H,1-2H3,(H,20,24)(H,21,23)/t16-/m0/s1. The largest absolute Gasteiger partial charge is 0.325 e. The van der Waals surface area contributed by atoms with Crippen molar-refractivity contribution in [1.29, 1.82) is 0 Å². The van der Waals surface area contributed by atoms with Crippen molar-refractivity contribution in [3.05, 3.63) is 59.7 Å². The van der Waals surface area contributed by atoms with E-state index in [1.165, 1.54) is 0 Å². The maximum atomic E-state index is 12.4. The number of hydrogen-bond acceptors (Lipinski definition) is 3. The predicted octanol–water partition coefficient (Wildman–Crippen LogP) is 3.05. The Hall–Kier alpha value is -2.95. The minimum Gasteiger partial charge on any atom is -0.325 e. The van der Waals surface area contributed by atoms with Crippen LogP contribution in [-0.4, -0.2) is 17.6 Å². The zero-order valence-electron chi connectivity index (χ0n) is 13.5. The van der Waals surface area contributed by atoms with Crippen molar-refractivity contribution >= 4 is 29.0 Å². The van der Waals surface area contributed by atoms with Gasteiger partial charge in [-0.3, -0.25) is 14.4 Å². The first-order chi connectivity index (χ1) is 11.5. The second kappa shape index (κ2) is 6.28. The molecule has 0 bridgehead atoms. The molecule has 0 unspecified atom stereocenters. The van der Waals surface area contributed by atoms with E-state index in [-0.39, 0.29) is 0 Å². The number of ketones is 1. The van der Waals surface area contributed by atoms with Crippen LogP contribution in [0.2, 0.25) is 0 Å². The van der Waals surface area contributed by atoms with E-state index in [9.17, 15) is 14.4 Å². The Kier molecular flexibility index (Phi) is 4.16. The molecule has 1 aliphatic rings. The van der Waals surface area contributed by atoms with Gasteiger partial charge in [-0.25, -0.2) is 0 Å². The van der Waals surface area contributed by atoms with Crippen LogP contribution in [0.4, 0.5) is 11.4 Å². The molecule has 1 aliphatic heterocycles. The SMILES string of the molecule is CC(C)c1ccc(NC(=O)C(=O)[C@H]2C(=O)Nc3ccccc32)cc1. The molecule has 1 atom stereocenters. The molecule has 24 heavy (non-hydrogen) atoms. The van der Waals surface area contributed by atoms with Crippen LogP contribution in [-0.2, 0) is 14.4 Å². The Morgan fingerprint density at radius 2 is 1.71 bits per heavy atom. The topological polar surface area (TPSA) is 75.3 Å². The van der Waals surface area contributed by atoms with Gasteiger partial charge in [-0.1, -0.05) is 44.2 Å². The minimum absolute atomic E-state index is 0.384. The highest BCUT2D eigenvalue weighted by Gasteiger charge is 2.39. The minimum atomic E-state index is -1.09. The van der Waals surface area contributed by atoms with Gasteiger partial charge in [-0.2, -0.15) is 0 Å². The molecule has 0 aliphatic carbocycles. The number of carbonyl (C=O) groups excluding carboxylic acids is 3. The molecule has 0 radical (unpaired) electrons. The van der Waals surface area contributed by atoms with Gasteiger partial charge < -0.3 is 10.6 Å². The zero-order valence-corrected chi connectivity index (χ0v) is 13.5. The van der Waals surface area contributed by atoms with Gasteiger partial charge in [0.05, 0.1) is 0 Å². The molecule has 0 spiro atoms. The second-order valence-corrected chi connectivity index (χ2v) is 6.10. The Bertz CT molecular complexity index is 810. The molecule has 122 valence electrons. The van der Waals surface area contributed by atoms with Crippen LogP contribution >= 0.6 is 0 Å². The highest BCUT2D eigenvalue weighted by molar-refractivity contribution is 6.47. The molecule has 2 amide bonds. The molecule has 2 N–H and O–H groups in total. The van der Waals surface area contributed by atoms with Gasteiger partial charge in [-0.15, -0.1) is 0 Å². The average Bonchev–Trinajstić information content (AvgIpc) is 2.90. The maximum absolute atomic E-state index is 12.4. The monoisotopic (exact) mass is 322 g/mol. The van der Waals surface area contributed by atoms with Gasteiger partial charge >= 0.3 is 0 Å². The first-order valence-electron chi connectivity index (χ1n) is 7.82. The van der Waals surface area contributed by atoms with Crippen LogP contribution < -0.4 is 10.6 Å².